The first-order valence-electron chi connectivity index (χ1n) is 5.09. The molecule has 0 aromatic carbocycles. The van der Waals surface area contributed by atoms with Crippen molar-refractivity contribution in [3.8, 4) is 0 Å². The van der Waals surface area contributed by atoms with Crippen LogP contribution in [0, 0.1) is 0 Å². The van der Waals surface area contributed by atoms with E-state index in [2.05, 4.69) is 10.5 Å². The topological polar surface area (TPSA) is 50.7 Å². The number of nitrogens with zero attached hydrogens (tertiary/aromatic N) is 1. The Kier molecular flexibility index (Phi) is 4.98. The van der Waals surface area contributed by atoms with Gasteiger partial charge in [-0.1, -0.05) is 11.2 Å². The van der Waals surface area contributed by atoms with E-state index in [4.69, 9.17) is 4.84 Å². The minimum Gasteiger partial charge on any atom is -0.385 e. The molecule has 4 nitrogen and oxygen atoms in total. The second kappa shape index (κ2) is 6.27. The Hall–Kier alpha value is -1.36. The highest BCUT2D eigenvalue weighted by Gasteiger charge is 2.03. The van der Waals surface area contributed by atoms with Crippen molar-refractivity contribution in [2.75, 3.05) is 6.61 Å². The van der Waals surface area contributed by atoms with E-state index in [1.54, 1.807) is 11.3 Å². The maximum Gasteiger partial charge on any atom is 0.260 e. The molecule has 0 unspecified atom stereocenters. The van der Waals surface area contributed by atoms with Gasteiger partial charge in [0.15, 0.2) is 6.61 Å². The maximum atomic E-state index is 11.2. The molecule has 1 rings (SSSR count). The zero-order chi connectivity index (χ0) is 12.0. The van der Waals surface area contributed by atoms with Gasteiger partial charge in [0.25, 0.3) is 5.91 Å². The highest BCUT2D eigenvalue weighted by atomic mass is 32.1. The van der Waals surface area contributed by atoms with Gasteiger partial charge in [-0.2, -0.15) is 0 Å². The Morgan fingerprint density at radius 2 is 2.38 bits per heavy atom. The number of thiophene rings is 1. The van der Waals surface area contributed by atoms with E-state index in [1.165, 1.54) is 0 Å². The largest absolute Gasteiger partial charge is 0.385 e. The predicted octanol–water partition coefficient (Wildman–Crippen LogP) is 2.01. The van der Waals surface area contributed by atoms with E-state index in [0.29, 0.717) is 0 Å². The van der Waals surface area contributed by atoms with Gasteiger partial charge in [-0.25, -0.2) is 0 Å². The summed E-state index contributed by atoms with van der Waals surface area (Å²) in [4.78, 5) is 17.2. The van der Waals surface area contributed by atoms with Gasteiger partial charge in [-0.05, 0) is 32.2 Å². The van der Waals surface area contributed by atoms with Crippen molar-refractivity contribution >= 4 is 23.0 Å². The van der Waals surface area contributed by atoms with E-state index in [9.17, 15) is 4.79 Å². The molecule has 0 fully saturated rings. The summed E-state index contributed by atoms with van der Waals surface area (Å²) in [6.07, 6.45) is 0. The van der Waals surface area contributed by atoms with Crippen LogP contribution in [0.2, 0.25) is 0 Å². The summed E-state index contributed by atoms with van der Waals surface area (Å²) in [5, 5.41) is 8.57. The number of carbonyl (C=O) groups excluding carboxylic acids is 1. The van der Waals surface area contributed by atoms with Gasteiger partial charge in [-0.3, -0.25) is 4.79 Å². The zero-order valence-electron chi connectivity index (χ0n) is 9.69. The van der Waals surface area contributed by atoms with Crippen molar-refractivity contribution in [3.05, 3.63) is 22.4 Å². The Morgan fingerprint density at radius 1 is 1.62 bits per heavy atom. The van der Waals surface area contributed by atoms with Gasteiger partial charge < -0.3 is 10.2 Å². The second-order valence-corrected chi connectivity index (χ2v) is 4.60. The number of nitrogens with one attached hydrogen (secondary N) is 1. The first kappa shape index (κ1) is 12.7. The van der Waals surface area contributed by atoms with Crippen molar-refractivity contribution in [3.63, 3.8) is 0 Å². The van der Waals surface area contributed by atoms with Gasteiger partial charge in [0.1, 0.15) is 0 Å². The van der Waals surface area contributed by atoms with Crippen LogP contribution < -0.4 is 5.32 Å². The van der Waals surface area contributed by atoms with Crippen molar-refractivity contribution in [2.45, 2.75) is 26.8 Å². The molecule has 0 radical (unpaired) electrons. The van der Waals surface area contributed by atoms with E-state index in [1.807, 2.05) is 38.3 Å². The molecule has 0 bridgehead atoms. The predicted molar refractivity (Wildman–Crippen MR) is 65.8 cm³/mol. The lowest BCUT2D eigenvalue weighted by Crippen LogP contribution is -2.32. The average Bonchev–Trinajstić information content (AvgIpc) is 2.68. The molecule has 0 aliphatic carbocycles. The standard InChI is InChI=1S/C11H16N2O2S/c1-8(2)12-11(14)7-15-13-9(3)10-5-4-6-16-10/h4-6,8H,7H2,1-3H3,(H,12,14). The molecule has 88 valence electrons. The van der Waals surface area contributed by atoms with Crippen LogP contribution in [0.5, 0.6) is 0 Å². The fourth-order valence-electron chi connectivity index (χ4n) is 1.08. The molecule has 1 aromatic rings. The van der Waals surface area contributed by atoms with Crippen molar-refractivity contribution < 1.29 is 9.63 Å². The van der Waals surface area contributed by atoms with Gasteiger partial charge in [0.2, 0.25) is 0 Å². The number of hydrogen-bond acceptors (Lipinski definition) is 4. The van der Waals surface area contributed by atoms with Crippen LogP contribution in [0.3, 0.4) is 0 Å². The minimum absolute atomic E-state index is 0.0408. The summed E-state index contributed by atoms with van der Waals surface area (Å²) in [5.74, 6) is -0.155. The van der Waals surface area contributed by atoms with Crippen LogP contribution in [0.1, 0.15) is 25.6 Å². The molecule has 0 spiro atoms. The molecule has 0 aliphatic heterocycles. The number of hydrogen-bond donors (Lipinski definition) is 1. The monoisotopic (exact) mass is 240 g/mol. The molecule has 0 saturated carbocycles. The van der Waals surface area contributed by atoms with Gasteiger partial charge >= 0.3 is 0 Å². The first-order chi connectivity index (χ1) is 7.59. The van der Waals surface area contributed by atoms with Crippen molar-refractivity contribution in [2.24, 2.45) is 5.16 Å². The van der Waals surface area contributed by atoms with E-state index >= 15 is 0 Å². The van der Waals surface area contributed by atoms with E-state index in [-0.39, 0.29) is 18.6 Å². The Bertz CT molecular complexity index is 358. The Balaban J connectivity index is 2.34. The van der Waals surface area contributed by atoms with Crippen LogP contribution in [0.4, 0.5) is 0 Å². The SMILES string of the molecule is CC(=NOCC(=O)NC(C)C)c1cccs1. The highest BCUT2D eigenvalue weighted by Crippen LogP contribution is 2.09. The number of oxime groups is 1. The molecule has 0 saturated heterocycles. The third-order valence-electron chi connectivity index (χ3n) is 1.72. The molecular weight excluding hydrogens is 224 g/mol. The summed E-state index contributed by atoms with van der Waals surface area (Å²) >= 11 is 1.59. The summed E-state index contributed by atoms with van der Waals surface area (Å²) in [7, 11) is 0. The molecule has 1 amide bonds. The van der Waals surface area contributed by atoms with E-state index < -0.39 is 0 Å². The summed E-state index contributed by atoms with van der Waals surface area (Å²) in [5.41, 5.74) is 0.785. The minimum atomic E-state index is -0.155. The fraction of sp³-hybridized carbons (Fsp3) is 0.455. The number of amides is 1. The number of rotatable bonds is 5. The lowest BCUT2D eigenvalue weighted by atomic mass is 10.3. The molecule has 16 heavy (non-hydrogen) atoms. The zero-order valence-corrected chi connectivity index (χ0v) is 10.5. The number of carbonyl (C=O) groups is 1. The molecular formula is C11H16N2O2S. The van der Waals surface area contributed by atoms with E-state index in [0.717, 1.165) is 10.6 Å². The third kappa shape index (κ3) is 4.44. The normalized spacial score (nSPS) is 11.6. The molecule has 1 N–H and O–H groups in total. The molecule has 1 heterocycles. The smallest absolute Gasteiger partial charge is 0.260 e. The second-order valence-electron chi connectivity index (χ2n) is 3.65. The van der Waals surface area contributed by atoms with Crippen LogP contribution in [0.15, 0.2) is 22.7 Å². The summed E-state index contributed by atoms with van der Waals surface area (Å²) < 4.78 is 0. The van der Waals surface area contributed by atoms with Crippen LogP contribution in [0.25, 0.3) is 0 Å². The average molecular weight is 240 g/mol. The van der Waals surface area contributed by atoms with Crippen molar-refractivity contribution in [1.29, 1.82) is 0 Å². The molecule has 5 heteroatoms. The molecule has 0 atom stereocenters. The van der Waals surface area contributed by atoms with Gasteiger partial charge in [0, 0.05) is 6.04 Å². The van der Waals surface area contributed by atoms with Crippen LogP contribution in [-0.2, 0) is 9.63 Å². The lowest BCUT2D eigenvalue weighted by molar-refractivity contribution is -0.126. The van der Waals surface area contributed by atoms with Crippen molar-refractivity contribution in [1.82, 2.24) is 5.32 Å². The lowest BCUT2D eigenvalue weighted by Gasteiger charge is -2.06. The fourth-order valence-corrected chi connectivity index (χ4v) is 1.75. The maximum absolute atomic E-state index is 11.2. The van der Waals surface area contributed by atoms with Crippen LogP contribution in [-0.4, -0.2) is 24.3 Å². The summed E-state index contributed by atoms with van der Waals surface area (Å²) in [6, 6.07) is 4.03. The van der Waals surface area contributed by atoms with Crippen LogP contribution >= 0.6 is 11.3 Å². The first-order valence-corrected chi connectivity index (χ1v) is 5.97. The Morgan fingerprint density at radius 3 is 2.94 bits per heavy atom. The molecule has 1 aromatic heterocycles. The Labute approximate surface area is 99.3 Å². The summed E-state index contributed by atoms with van der Waals surface area (Å²) in [6.45, 7) is 5.61. The molecule has 0 aliphatic rings. The van der Waals surface area contributed by atoms with Gasteiger partial charge in [0.05, 0.1) is 10.6 Å². The van der Waals surface area contributed by atoms with Gasteiger partial charge in [-0.15, -0.1) is 11.3 Å². The quantitative estimate of drug-likeness (QED) is 0.632. The highest BCUT2D eigenvalue weighted by molar-refractivity contribution is 7.12. The third-order valence-corrected chi connectivity index (χ3v) is 2.70.